The Hall–Kier alpha value is -1.10. The molecule has 0 spiro atoms. The highest BCUT2D eigenvalue weighted by Crippen LogP contribution is 2.10. The van der Waals surface area contributed by atoms with Gasteiger partial charge in [0, 0.05) is 13.0 Å². The zero-order valence-electron chi connectivity index (χ0n) is 15.8. The topological polar surface area (TPSA) is 69.6 Å². The minimum absolute atomic E-state index is 0.0744. The van der Waals surface area contributed by atoms with Crippen molar-refractivity contribution < 1.29 is 14.7 Å². The third-order valence-electron chi connectivity index (χ3n) is 4.20. The molecule has 2 N–H and O–H groups in total. The van der Waals surface area contributed by atoms with Crippen LogP contribution < -0.4 is 5.32 Å². The summed E-state index contributed by atoms with van der Waals surface area (Å²) < 4.78 is 0. The van der Waals surface area contributed by atoms with Crippen molar-refractivity contribution >= 4 is 11.9 Å². The van der Waals surface area contributed by atoms with Crippen LogP contribution in [0.2, 0.25) is 0 Å². The summed E-state index contributed by atoms with van der Waals surface area (Å²) in [5, 5.41) is 11.6. The molecule has 0 aromatic rings. The lowest BCUT2D eigenvalue weighted by molar-refractivity contribution is -0.138. The summed E-state index contributed by atoms with van der Waals surface area (Å²) in [6.45, 7) is 3.76. The van der Waals surface area contributed by atoms with Gasteiger partial charge in [-0.05, 0) is 32.9 Å². The lowest BCUT2D eigenvalue weighted by atomic mass is 10.1. The third kappa shape index (κ3) is 17.3. The second-order valence-electron chi connectivity index (χ2n) is 6.77. The molecule has 0 aromatic carbocycles. The van der Waals surface area contributed by atoms with Gasteiger partial charge in [-0.15, -0.1) is 0 Å². The number of likely N-dealkylation sites (N-methyl/N-ethyl adjacent to an activating group) is 1. The monoisotopic (exact) mass is 342 g/mol. The van der Waals surface area contributed by atoms with Crippen molar-refractivity contribution in [2.45, 2.75) is 84.0 Å². The van der Waals surface area contributed by atoms with E-state index in [9.17, 15) is 9.59 Å². The Balaban J connectivity index is 3.28. The average molecular weight is 343 g/mol. The van der Waals surface area contributed by atoms with Crippen LogP contribution in [-0.2, 0) is 9.59 Å². The second kappa shape index (κ2) is 16.7. The maximum atomic E-state index is 11.7. The molecule has 1 amide bonds. The predicted molar refractivity (Wildman–Crippen MR) is 99.2 cm³/mol. The largest absolute Gasteiger partial charge is 0.480 e. The first kappa shape index (κ1) is 22.9. The van der Waals surface area contributed by atoms with E-state index in [1.807, 2.05) is 0 Å². The molecule has 0 aliphatic carbocycles. The summed E-state index contributed by atoms with van der Waals surface area (Å²) in [6, 6.07) is 0. The van der Waals surface area contributed by atoms with E-state index >= 15 is 0 Å². The van der Waals surface area contributed by atoms with Crippen LogP contribution in [0.25, 0.3) is 0 Å². The van der Waals surface area contributed by atoms with E-state index in [4.69, 9.17) is 5.11 Å². The van der Waals surface area contributed by atoms with Crippen molar-refractivity contribution in [1.29, 1.82) is 0 Å². The number of nitrogens with zero attached hydrogens (tertiary/aromatic N) is 1. The summed E-state index contributed by atoms with van der Waals surface area (Å²) in [6.07, 6.45) is 13.8. The maximum Gasteiger partial charge on any atom is 0.317 e. The fourth-order valence-corrected chi connectivity index (χ4v) is 2.73. The number of carbonyl (C=O) groups excluding carboxylic acids is 1. The summed E-state index contributed by atoms with van der Waals surface area (Å²) in [5.41, 5.74) is 0. The zero-order chi connectivity index (χ0) is 18.0. The van der Waals surface area contributed by atoms with Gasteiger partial charge in [0.05, 0.1) is 6.54 Å². The van der Waals surface area contributed by atoms with Gasteiger partial charge in [0.15, 0.2) is 0 Å². The van der Waals surface area contributed by atoms with Crippen molar-refractivity contribution in [1.82, 2.24) is 10.2 Å². The maximum absolute atomic E-state index is 11.7. The van der Waals surface area contributed by atoms with E-state index < -0.39 is 5.97 Å². The molecule has 142 valence electrons. The molecule has 0 heterocycles. The van der Waals surface area contributed by atoms with Crippen LogP contribution in [0.1, 0.15) is 84.0 Å². The van der Waals surface area contributed by atoms with Gasteiger partial charge in [0.1, 0.15) is 0 Å². The fourth-order valence-electron chi connectivity index (χ4n) is 2.73. The summed E-state index contributed by atoms with van der Waals surface area (Å²) in [4.78, 5) is 24.0. The van der Waals surface area contributed by atoms with E-state index in [1.165, 1.54) is 44.9 Å². The molecule has 24 heavy (non-hydrogen) atoms. The van der Waals surface area contributed by atoms with Crippen molar-refractivity contribution in [2.24, 2.45) is 0 Å². The van der Waals surface area contributed by atoms with E-state index in [0.29, 0.717) is 13.0 Å². The van der Waals surface area contributed by atoms with Crippen LogP contribution in [0.5, 0.6) is 0 Å². The lowest BCUT2D eigenvalue weighted by Gasteiger charge is -2.13. The first-order chi connectivity index (χ1) is 11.6. The molecule has 0 aromatic heterocycles. The van der Waals surface area contributed by atoms with Crippen molar-refractivity contribution in [3.05, 3.63) is 0 Å². The standard InChI is InChI=1S/C19H38N2O3/c1-3-4-5-6-7-8-9-10-11-14-18(22)20-15-12-13-16-21(2)17-19(23)24/h3-17H2,1-2H3,(H,20,22)(H,23,24). The number of unbranched alkanes of at least 4 members (excludes halogenated alkanes) is 9. The second-order valence-corrected chi connectivity index (χ2v) is 6.77. The minimum Gasteiger partial charge on any atom is -0.480 e. The number of carbonyl (C=O) groups is 2. The average Bonchev–Trinajstić information content (AvgIpc) is 2.52. The highest BCUT2D eigenvalue weighted by Gasteiger charge is 2.04. The van der Waals surface area contributed by atoms with Gasteiger partial charge >= 0.3 is 5.97 Å². The van der Waals surface area contributed by atoms with E-state index in [2.05, 4.69) is 12.2 Å². The van der Waals surface area contributed by atoms with Crippen molar-refractivity contribution in [2.75, 3.05) is 26.7 Å². The Morgan fingerprint density at radius 1 is 0.875 bits per heavy atom. The molecule has 0 bridgehead atoms. The van der Waals surface area contributed by atoms with Gasteiger partial charge in [-0.3, -0.25) is 14.5 Å². The van der Waals surface area contributed by atoms with Crippen molar-refractivity contribution in [3.8, 4) is 0 Å². The van der Waals surface area contributed by atoms with Crippen molar-refractivity contribution in [3.63, 3.8) is 0 Å². The molecule has 0 fully saturated rings. The quantitative estimate of drug-likeness (QED) is 0.394. The van der Waals surface area contributed by atoms with E-state index in [-0.39, 0.29) is 12.5 Å². The smallest absolute Gasteiger partial charge is 0.317 e. The summed E-state index contributed by atoms with van der Waals surface area (Å²) in [7, 11) is 1.80. The van der Waals surface area contributed by atoms with Crippen LogP contribution in [0, 0.1) is 0 Å². The predicted octanol–water partition coefficient (Wildman–Crippen LogP) is 3.82. The minimum atomic E-state index is -0.799. The van der Waals surface area contributed by atoms with Gasteiger partial charge in [-0.1, -0.05) is 58.3 Å². The van der Waals surface area contributed by atoms with Crippen LogP contribution in [-0.4, -0.2) is 48.6 Å². The number of carboxylic acid groups (broad SMARTS) is 1. The number of hydrogen-bond acceptors (Lipinski definition) is 3. The fraction of sp³-hybridized carbons (Fsp3) is 0.895. The number of amides is 1. The van der Waals surface area contributed by atoms with E-state index in [1.54, 1.807) is 11.9 Å². The highest BCUT2D eigenvalue weighted by molar-refractivity contribution is 5.75. The van der Waals surface area contributed by atoms with Gasteiger partial charge in [-0.25, -0.2) is 0 Å². The van der Waals surface area contributed by atoms with E-state index in [0.717, 1.165) is 32.2 Å². The summed E-state index contributed by atoms with van der Waals surface area (Å²) >= 11 is 0. The number of hydrogen-bond donors (Lipinski definition) is 2. The third-order valence-corrected chi connectivity index (χ3v) is 4.20. The molecule has 0 saturated heterocycles. The van der Waals surface area contributed by atoms with Gasteiger partial charge < -0.3 is 10.4 Å². The van der Waals surface area contributed by atoms with Gasteiger partial charge in [0.2, 0.25) is 5.91 Å². The molecule has 0 atom stereocenters. The Kier molecular flexibility index (Phi) is 16.0. The van der Waals surface area contributed by atoms with Crippen LogP contribution >= 0.6 is 0 Å². The molecule has 5 heteroatoms. The molecule has 0 unspecified atom stereocenters. The molecule has 0 radical (unpaired) electrons. The first-order valence-electron chi connectivity index (χ1n) is 9.73. The van der Waals surface area contributed by atoms with Crippen LogP contribution in [0.4, 0.5) is 0 Å². The van der Waals surface area contributed by atoms with Gasteiger partial charge in [-0.2, -0.15) is 0 Å². The first-order valence-corrected chi connectivity index (χ1v) is 9.73. The van der Waals surface area contributed by atoms with Crippen LogP contribution in [0.15, 0.2) is 0 Å². The molecule has 5 nitrogen and oxygen atoms in total. The number of carboxylic acids is 1. The zero-order valence-corrected chi connectivity index (χ0v) is 15.8. The van der Waals surface area contributed by atoms with Crippen LogP contribution in [0.3, 0.4) is 0 Å². The molecule has 0 rings (SSSR count). The molecular weight excluding hydrogens is 304 g/mol. The molecule has 0 saturated carbocycles. The Labute approximate surface area is 148 Å². The highest BCUT2D eigenvalue weighted by atomic mass is 16.4. The molecular formula is C19H38N2O3. The Morgan fingerprint density at radius 3 is 2.04 bits per heavy atom. The Morgan fingerprint density at radius 2 is 1.46 bits per heavy atom. The number of nitrogens with one attached hydrogen (secondary N) is 1. The van der Waals surface area contributed by atoms with Gasteiger partial charge in [0.25, 0.3) is 0 Å². The lowest BCUT2D eigenvalue weighted by Crippen LogP contribution is -2.28. The molecule has 0 aliphatic heterocycles. The SMILES string of the molecule is CCCCCCCCCCCC(=O)NCCCCN(C)CC(=O)O. The Bertz CT molecular complexity index is 322. The summed E-state index contributed by atoms with van der Waals surface area (Å²) in [5.74, 6) is -0.649. The number of rotatable bonds is 17. The molecule has 0 aliphatic rings. The number of aliphatic carboxylic acids is 1. The normalized spacial score (nSPS) is 11.0.